The van der Waals surface area contributed by atoms with Gasteiger partial charge >= 0.3 is 5.97 Å². The molecule has 0 fully saturated rings. The number of carbonyl (C=O) groups excluding carboxylic acids is 1. The first-order valence-electron chi connectivity index (χ1n) is 10.6. The van der Waals surface area contributed by atoms with Crippen LogP contribution in [0.1, 0.15) is 42.1 Å². The van der Waals surface area contributed by atoms with E-state index in [2.05, 4.69) is 18.2 Å². The fourth-order valence-corrected chi connectivity index (χ4v) is 5.19. The molecule has 0 saturated carbocycles. The lowest BCUT2D eigenvalue weighted by Crippen LogP contribution is -2.15. The van der Waals surface area contributed by atoms with Gasteiger partial charge in [0, 0.05) is 39.4 Å². The molecule has 1 aromatic heterocycles. The molecule has 162 valence electrons. The summed E-state index contributed by atoms with van der Waals surface area (Å²) in [7, 11) is 0. The highest BCUT2D eigenvalue weighted by molar-refractivity contribution is 7.99. The quantitative estimate of drug-likeness (QED) is 0.203. The van der Waals surface area contributed by atoms with Gasteiger partial charge in [0.05, 0.1) is 11.5 Å². The van der Waals surface area contributed by atoms with Gasteiger partial charge in [-0.1, -0.05) is 25.5 Å². The summed E-state index contributed by atoms with van der Waals surface area (Å²) in [5.41, 5.74) is 5.39. The van der Waals surface area contributed by atoms with Crippen LogP contribution in [-0.4, -0.2) is 27.8 Å². The molecule has 0 saturated heterocycles. The van der Waals surface area contributed by atoms with Gasteiger partial charge < -0.3 is 9.30 Å². The minimum Gasteiger partial charge on any atom is -0.464 e. The Labute approximate surface area is 185 Å². The molecule has 0 N–H and O–H groups in total. The van der Waals surface area contributed by atoms with Crippen molar-refractivity contribution in [2.75, 3.05) is 12.4 Å². The minimum absolute atomic E-state index is 0.0572. The van der Waals surface area contributed by atoms with E-state index < -0.39 is 0 Å². The number of thioether (sulfide) groups is 1. The zero-order valence-electron chi connectivity index (χ0n) is 17.8. The lowest BCUT2D eigenvalue weighted by Gasteiger charge is -2.09. The molecule has 1 aliphatic heterocycles. The van der Waals surface area contributed by atoms with E-state index in [0.29, 0.717) is 13.0 Å². The number of ether oxygens (including phenoxy) is 1. The summed E-state index contributed by atoms with van der Waals surface area (Å²) in [4.78, 5) is 24.7. The molecule has 31 heavy (non-hydrogen) atoms. The maximum Gasteiger partial charge on any atom is 0.325 e. The van der Waals surface area contributed by atoms with Crippen molar-refractivity contribution in [3.8, 4) is 0 Å². The number of hydrogen-bond donors (Lipinski definition) is 0. The molecule has 0 spiro atoms. The first kappa shape index (κ1) is 21.4. The number of rotatable bonds is 8. The van der Waals surface area contributed by atoms with Crippen molar-refractivity contribution in [2.45, 2.75) is 51.0 Å². The molecule has 7 heteroatoms. The molecule has 0 amide bonds. The molecule has 1 aliphatic rings. The second kappa shape index (κ2) is 9.14. The number of nitro groups is 1. The average Bonchev–Trinajstić information content (AvgIpc) is 3.32. The smallest absolute Gasteiger partial charge is 0.325 e. The van der Waals surface area contributed by atoms with Crippen LogP contribution < -0.4 is 0 Å². The van der Waals surface area contributed by atoms with E-state index >= 15 is 0 Å². The predicted octanol–water partition coefficient (Wildman–Crippen LogP) is 5.44. The number of non-ortho nitro benzene ring substituents is 1. The standard InChI is InChI=1S/C24H26N2O4S/c1-3-4-10-30-24(27)15-25-16(2)20(21-14-19(26(28)29)6-7-22(21)25)13-17-5-8-23-18(12-17)9-11-31-23/h5-8,12,14H,3-4,9-11,13,15H2,1-2H3. The van der Waals surface area contributed by atoms with E-state index in [1.165, 1.54) is 22.1 Å². The van der Waals surface area contributed by atoms with Gasteiger partial charge in [0.2, 0.25) is 0 Å². The van der Waals surface area contributed by atoms with Gasteiger partial charge in [-0.05, 0) is 55.0 Å². The predicted molar refractivity (Wildman–Crippen MR) is 123 cm³/mol. The van der Waals surface area contributed by atoms with Crippen LogP contribution in [0, 0.1) is 17.0 Å². The lowest BCUT2D eigenvalue weighted by atomic mass is 9.99. The number of nitrogens with zero attached hydrogens (tertiary/aromatic N) is 2. The van der Waals surface area contributed by atoms with E-state index in [0.717, 1.165) is 47.2 Å². The SMILES string of the molecule is CCCCOC(=O)Cn1c(C)c(Cc2ccc3c(c2)CCS3)c2cc([N+](=O)[O-])ccc21. The van der Waals surface area contributed by atoms with E-state index in [9.17, 15) is 14.9 Å². The Balaban J connectivity index is 1.72. The summed E-state index contributed by atoms with van der Waals surface area (Å²) >= 11 is 1.88. The summed E-state index contributed by atoms with van der Waals surface area (Å²) in [6.07, 6.45) is 3.54. The van der Waals surface area contributed by atoms with E-state index in [-0.39, 0.29) is 23.1 Å². The van der Waals surface area contributed by atoms with Crippen molar-refractivity contribution in [2.24, 2.45) is 0 Å². The first-order valence-corrected chi connectivity index (χ1v) is 11.6. The van der Waals surface area contributed by atoms with Gasteiger partial charge in [-0.2, -0.15) is 0 Å². The Morgan fingerprint density at radius 1 is 1.26 bits per heavy atom. The lowest BCUT2D eigenvalue weighted by molar-refractivity contribution is -0.384. The normalized spacial score (nSPS) is 12.8. The Bertz CT molecular complexity index is 1150. The number of aromatic nitrogens is 1. The van der Waals surface area contributed by atoms with Gasteiger partial charge in [-0.3, -0.25) is 14.9 Å². The Hall–Kier alpha value is -2.80. The molecule has 2 aromatic carbocycles. The minimum atomic E-state index is -0.373. The second-order valence-corrected chi connectivity index (χ2v) is 9.04. The largest absolute Gasteiger partial charge is 0.464 e. The number of benzene rings is 2. The van der Waals surface area contributed by atoms with E-state index in [4.69, 9.17) is 4.74 Å². The van der Waals surface area contributed by atoms with Crippen LogP contribution in [0.25, 0.3) is 10.9 Å². The van der Waals surface area contributed by atoms with Crippen LogP contribution in [0.15, 0.2) is 41.3 Å². The monoisotopic (exact) mass is 438 g/mol. The van der Waals surface area contributed by atoms with E-state index in [1.54, 1.807) is 12.1 Å². The van der Waals surface area contributed by atoms with Crippen molar-refractivity contribution in [3.05, 3.63) is 68.9 Å². The molecule has 2 heterocycles. The zero-order chi connectivity index (χ0) is 22.0. The summed E-state index contributed by atoms with van der Waals surface area (Å²) in [5.74, 6) is 0.830. The van der Waals surface area contributed by atoms with Crippen LogP contribution in [0.2, 0.25) is 0 Å². The molecule has 0 bridgehead atoms. The molecular weight excluding hydrogens is 412 g/mol. The fraction of sp³-hybridized carbons (Fsp3) is 0.375. The highest BCUT2D eigenvalue weighted by atomic mass is 32.2. The topological polar surface area (TPSA) is 74.4 Å². The van der Waals surface area contributed by atoms with Gasteiger partial charge in [0.15, 0.2) is 0 Å². The van der Waals surface area contributed by atoms with E-state index in [1.807, 2.05) is 30.2 Å². The van der Waals surface area contributed by atoms with Crippen LogP contribution >= 0.6 is 11.8 Å². The summed E-state index contributed by atoms with van der Waals surface area (Å²) < 4.78 is 7.28. The molecule has 0 radical (unpaired) electrons. The molecule has 0 aliphatic carbocycles. The highest BCUT2D eigenvalue weighted by Gasteiger charge is 2.20. The number of carbonyl (C=O) groups is 1. The Morgan fingerprint density at radius 2 is 2.10 bits per heavy atom. The number of nitro benzene ring substituents is 1. The van der Waals surface area contributed by atoms with Crippen molar-refractivity contribution >= 4 is 34.3 Å². The summed E-state index contributed by atoms with van der Waals surface area (Å²) in [6.45, 7) is 4.54. The number of unbranched alkanes of at least 4 members (excludes halogenated alkanes) is 1. The molecule has 0 unspecified atom stereocenters. The van der Waals surface area contributed by atoms with Crippen LogP contribution in [-0.2, 0) is 28.9 Å². The van der Waals surface area contributed by atoms with Gasteiger partial charge in [0.25, 0.3) is 5.69 Å². The van der Waals surface area contributed by atoms with Gasteiger partial charge in [-0.15, -0.1) is 11.8 Å². The van der Waals surface area contributed by atoms with Crippen LogP contribution in [0.3, 0.4) is 0 Å². The average molecular weight is 439 g/mol. The molecule has 3 aromatic rings. The Morgan fingerprint density at radius 3 is 2.87 bits per heavy atom. The fourth-order valence-electron chi connectivity index (χ4n) is 4.14. The second-order valence-electron chi connectivity index (χ2n) is 7.90. The number of aryl methyl sites for hydroxylation is 1. The van der Waals surface area contributed by atoms with Crippen LogP contribution in [0.5, 0.6) is 0 Å². The number of fused-ring (bicyclic) bond motifs is 2. The van der Waals surface area contributed by atoms with Gasteiger partial charge in [-0.25, -0.2) is 0 Å². The van der Waals surface area contributed by atoms with Crippen molar-refractivity contribution < 1.29 is 14.5 Å². The maximum absolute atomic E-state index is 12.4. The third-order valence-electron chi connectivity index (χ3n) is 5.83. The van der Waals surface area contributed by atoms with Crippen molar-refractivity contribution in [1.29, 1.82) is 0 Å². The third-order valence-corrected chi connectivity index (χ3v) is 6.95. The molecule has 0 atom stereocenters. The molecular formula is C24H26N2O4S. The van der Waals surface area contributed by atoms with Gasteiger partial charge in [0.1, 0.15) is 6.54 Å². The summed E-state index contributed by atoms with van der Waals surface area (Å²) in [6, 6.07) is 11.4. The Kier molecular flexibility index (Phi) is 6.32. The maximum atomic E-state index is 12.4. The first-order chi connectivity index (χ1) is 15.0. The highest BCUT2D eigenvalue weighted by Crippen LogP contribution is 2.34. The van der Waals surface area contributed by atoms with Crippen molar-refractivity contribution in [3.63, 3.8) is 0 Å². The molecule has 4 rings (SSSR count). The number of esters is 1. The third kappa shape index (κ3) is 4.46. The van der Waals surface area contributed by atoms with Crippen molar-refractivity contribution in [1.82, 2.24) is 4.57 Å². The summed E-state index contributed by atoms with van der Waals surface area (Å²) in [5, 5.41) is 12.2. The number of hydrogen-bond acceptors (Lipinski definition) is 5. The zero-order valence-corrected chi connectivity index (χ0v) is 18.7. The molecule has 6 nitrogen and oxygen atoms in total. The van der Waals surface area contributed by atoms with Crippen LogP contribution in [0.4, 0.5) is 5.69 Å².